The average molecular weight is 287 g/mol. The van der Waals surface area contributed by atoms with Crippen molar-refractivity contribution in [3.63, 3.8) is 0 Å². The zero-order chi connectivity index (χ0) is 13.8. The maximum absolute atomic E-state index is 10.8. The minimum atomic E-state index is -0.277. The van der Waals surface area contributed by atoms with Crippen LogP contribution in [0.5, 0.6) is 0 Å². The zero-order valence-electron chi connectivity index (χ0n) is 11.8. The molecule has 20 heavy (non-hydrogen) atoms. The van der Waals surface area contributed by atoms with E-state index in [1.54, 1.807) is 0 Å². The Morgan fingerprint density at radius 3 is 2.65 bits per heavy atom. The topological polar surface area (TPSA) is 29.4 Å². The largest absolute Gasteiger partial charge is 0.235 e. The number of hydrogen-bond donors (Lipinski definition) is 0. The molecule has 0 spiro atoms. The second-order valence-corrected chi connectivity index (χ2v) is 7.18. The Kier molecular flexibility index (Phi) is 4.28. The van der Waals surface area contributed by atoms with Gasteiger partial charge in [0.2, 0.25) is 6.08 Å². The molecule has 1 aromatic carbocycles. The zero-order valence-corrected chi connectivity index (χ0v) is 12.6. The summed E-state index contributed by atoms with van der Waals surface area (Å²) in [5.74, 6) is 3.23. The lowest BCUT2D eigenvalue weighted by atomic mass is 9.85. The first kappa shape index (κ1) is 13.9. The van der Waals surface area contributed by atoms with Gasteiger partial charge in [0.15, 0.2) is 0 Å². The van der Waals surface area contributed by atoms with Crippen molar-refractivity contribution in [3.05, 3.63) is 35.4 Å². The molecule has 0 radical (unpaired) electrons. The van der Waals surface area contributed by atoms with Crippen LogP contribution in [-0.4, -0.2) is 17.6 Å². The van der Waals surface area contributed by atoms with Crippen molar-refractivity contribution in [1.29, 1.82) is 0 Å². The van der Waals surface area contributed by atoms with Crippen molar-refractivity contribution in [2.24, 2.45) is 4.99 Å². The third-order valence-electron chi connectivity index (χ3n) is 4.81. The maximum Gasteiger partial charge on any atom is 0.235 e. The van der Waals surface area contributed by atoms with Crippen LogP contribution < -0.4 is 0 Å². The van der Waals surface area contributed by atoms with Crippen LogP contribution in [0.4, 0.5) is 0 Å². The van der Waals surface area contributed by atoms with E-state index < -0.39 is 0 Å². The minimum absolute atomic E-state index is 0.277. The fourth-order valence-corrected chi connectivity index (χ4v) is 4.73. The number of benzene rings is 1. The van der Waals surface area contributed by atoms with E-state index in [9.17, 15) is 4.79 Å². The average Bonchev–Trinajstić information content (AvgIpc) is 2.99. The Morgan fingerprint density at radius 1 is 1.20 bits per heavy atom. The van der Waals surface area contributed by atoms with E-state index in [1.165, 1.54) is 35.5 Å². The van der Waals surface area contributed by atoms with Gasteiger partial charge < -0.3 is 0 Å². The Bertz CT molecular complexity index is 509. The lowest BCUT2D eigenvalue weighted by Gasteiger charge is -2.26. The van der Waals surface area contributed by atoms with Crippen LogP contribution in [0.25, 0.3) is 0 Å². The number of carbonyl (C=O) groups excluding carboxylic acids is 1. The van der Waals surface area contributed by atoms with Gasteiger partial charge in [-0.25, -0.2) is 4.79 Å². The summed E-state index contributed by atoms with van der Waals surface area (Å²) in [7, 11) is 0. The molecule has 0 aromatic heterocycles. The highest BCUT2D eigenvalue weighted by Gasteiger charge is 2.36. The number of thioether (sulfide) groups is 1. The monoisotopic (exact) mass is 287 g/mol. The summed E-state index contributed by atoms with van der Waals surface area (Å²) < 4.78 is 0. The van der Waals surface area contributed by atoms with E-state index in [0.717, 1.165) is 25.7 Å². The standard InChI is InChI=1S/C17H21NOS/c19-13-18-17(8-1-2-9-17)16-5-3-4-15(12-16)14-6-10-20-11-7-14/h3-5,12,14H,1-2,6-11H2. The number of isocyanates is 1. The third kappa shape index (κ3) is 2.70. The van der Waals surface area contributed by atoms with Crippen molar-refractivity contribution >= 4 is 17.8 Å². The fraction of sp³-hybridized carbons (Fsp3) is 0.588. The Balaban J connectivity index is 1.91. The van der Waals surface area contributed by atoms with Crippen molar-refractivity contribution in [3.8, 4) is 0 Å². The van der Waals surface area contributed by atoms with E-state index in [0.29, 0.717) is 5.92 Å². The molecule has 1 aliphatic heterocycles. The predicted octanol–water partition coefficient (Wildman–Crippen LogP) is 4.40. The summed E-state index contributed by atoms with van der Waals surface area (Å²) in [6.45, 7) is 0. The first-order valence-electron chi connectivity index (χ1n) is 7.61. The molecule has 1 heterocycles. The summed E-state index contributed by atoms with van der Waals surface area (Å²) in [6, 6.07) is 8.85. The lowest BCUT2D eigenvalue weighted by Crippen LogP contribution is -2.19. The molecule has 1 saturated heterocycles. The molecule has 2 aliphatic rings. The van der Waals surface area contributed by atoms with Gasteiger partial charge in [-0.15, -0.1) is 0 Å². The molecule has 106 valence electrons. The van der Waals surface area contributed by atoms with Crippen LogP contribution in [0.15, 0.2) is 29.3 Å². The van der Waals surface area contributed by atoms with Crippen LogP contribution >= 0.6 is 11.8 Å². The van der Waals surface area contributed by atoms with Crippen molar-refractivity contribution in [2.75, 3.05) is 11.5 Å². The molecule has 0 N–H and O–H groups in total. The molecule has 0 unspecified atom stereocenters. The van der Waals surface area contributed by atoms with Crippen LogP contribution in [0.2, 0.25) is 0 Å². The van der Waals surface area contributed by atoms with Crippen molar-refractivity contribution in [1.82, 2.24) is 0 Å². The minimum Gasteiger partial charge on any atom is -0.211 e. The fourth-order valence-electron chi connectivity index (χ4n) is 3.63. The predicted molar refractivity (Wildman–Crippen MR) is 84.0 cm³/mol. The number of rotatable bonds is 3. The van der Waals surface area contributed by atoms with Crippen LogP contribution in [0.3, 0.4) is 0 Å². The van der Waals surface area contributed by atoms with Gasteiger partial charge in [-0.3, -0.25) is 0 Å². The SMILES string of the molecule is O=C=NC1(c2cccc(C3CCSCC3)c2)CCCC1. The first-order chi connectivity index (χ1) is 9.84. The van der Waals surface area contributed by atoms with Gasteiger partial charge in [-0.1, -0.05) is 37.1 Å². The molecule has 1 aromatic rings. The highest BCUT2D eigenvalue weighted by atomic mass is 32.2. The second-order valence-electron chi connectivity index (χ2n) is 5.95. The molecular weight excluding hydrogens is 266 g/mol. The first-order valence-corrected chi connectivity index (χ1v) is 8.77. The highest BCUT2D eigenvalue weighted by molar-refractivity contribution is 7.99. The van der Waals surface area contributed by atoms with Crippen LogP contribution in [0.1, 0.15) is 55.6 Å². The van der Waals surface area contributed by atoms with E-state index in [1.807, 2.05) is 6.08 Å². The molecule has 1 aliphatic carbocycles. The Morgan fingerprint density at radius 2 is 1.95 bits per heavy atom. The van der Waals surface area contributed by atoms with Gasteiger partial charge in [0.25, 0.3) is 0 Å². The highest BCUT2D eigenvalue weighted by Crippen LogP contribution is 2.43. The van der Waals surface area contributed by atoms with E-state index >= 15 is 0 Å². The molecule has 0 atom stereocenters. The number of nitrogens with zero attached hydrogens (tertiary/aromatic N) is 1. The second kappa shape index (κ2) is 6.15. The summed E-state index contributed by atoms with van der Waals surface area (Å²) in [4.78, 5) is 15.0. The molecule has 1 saturated carbocycles. The van der Waals surface area contributed by atoms with E-state index in [-0.39, 0.29) is 5.54 Å². The smallest absolute Gasteiger partial charge is 0.211 e. The van der Waals surface area contributed by atoms with Crippen LogP contribution in [-0.2, 0) is 10.3 Å². The molecular formula is C17H21NOS. The van der Waals surface area contributed by atoms with Crippen molar-refractivity contribution < 1.29 is 4.79 Å². The summed E-state index contributed by atoms with van der Waals surface area (Å²) in [5, 5.41) is 0. The Labute approximate surface area is 125 Å². The number of aliphatic imine (C=N–C) groups is 1. The Hall–Kier alpha value is -1.05. The third-order valence-corrected chi connectivity index (χ3v) is 5.86. The summed E-state index contributed by atoms with van der Waals surface area (Å²) >= 11 is 2.06. The van der Waals surface area contributed by atoms with Gasteiger partial charge in [-0.2, -0.15) is 16.8 Å². The summed E-state index contributed by atoms with van der Waals surface area (Å²) in [5.41, 5.74) is 2.39. The van der Waals surface area contributed by atoms with Gasteiger partial charge in [0.1, 0.15) is 0 Å². The quantitative estimate of drug-likeness (QED) is 0.609. The van der Waals surface area contributed by atoms with Gasteiger partial charge in [-0.05, 0) is 54.2 Å². The molecule has 3 rings (SSSR count). The molecule has 2 nitrogen and oxygen atoms in total. The normalized spacial score (nSPS) is 22.4. The van der Waals surface area contributed by atoms with E-state index in [2.05, 4.69) is 41.0 Å². The molecule has 0 bridgehead atoms. The van der Waals surface area contributed by atoms with Crippen LogP contribution in [0, 0.1) is 0 Å². The molecule has 3 heteroatoms. The van der Waals surface area contributed by atoms with E-state index in [4.69, 9.17) is 0 Å². The number of hydrogen-bond acceptors (Lipinski definition) is 3. The van der Waals surface area contributed by atoms with Crippen molar-refractivity contribution in [2.45, 2.75) is 50.0 Å². The summed E-state index contributed by atoms with van der Waals surface area (Å²) in [6.07, 6.45) is 8.68. The molecule has 2 fully saturated rings. The van der Waals surface area contributed by atoms with Gasteiger partial charge >= 0.3 is 0 Å². The van der Waals surface area contributed by atoms with Gasteiger partial charge in [0, 0.05) is 0 Å². The maximum atomic E-state index is 10.8. The molecule has 0 amide bonds. The van der Waals surface area contributed by atoms with Gasteiger partial charge in [0.05, 0.1) is 5.54 Å². The lowest BCUT2D eigenvalue weighted by molar-refractivity contribution is 0.455.